The van der Waals surface area contributed by atoms with Gasteiger partial charge in [-0.25, -0.2) is 13.1 Å². The Kier molecular flexibility index (Phi) is 7.61. The Morgan fingerprint density at radius 2 is 1.77 bits per heavy atom. The van der Waals surface area contributed by atoms with Crippen molar-refractivity contribution in [3.05, 3.63) is 69.8 Å². The lowest BCUT2D eigenvalue weighted by molar-refractivity contribution is -0.384. The van der Waals surface area contributed by atoms with Gasteiger partial charge in [-0.05, 0) is 37.6 Å². The van der Waals surface area contributed by atoms with Crippen LogP contribution < -0.4 is 15.4 Å². The van der Waals surface area contributed by atoms with Crippen LogP contribution in [0, 0.1) is 10.1 Å². The molecule has 2 amide bonds. The highest BCUT2D eigenvalue weighted by Crippen LogP contribution is 2.13. The molecule has 11 heteroatoms. The minimum absolute atomic E-state index is 0.0626. The van der Waals surface area contributed by atoms with Crippen molar-refractivity contribution < 1.29 is 22.9 Å². The smallest absolute Gasteiger partial charge is 0.270 e. The molecule has 30 heavy (non-hydrogen) atoms. The molecule has 0 spiro atoms. The van der Waals surface area contributed by atoms with Crippen LogP contribution in [-0.2, 0) is 21.4 Å². The van der Waals surface area contributed by atoms with E-state index in [2.05, 4.69) is 15.4 Å². The Morgan fingerprint density at radius 1 is 1.07 bits per heavy atom. The van der Waals surface area contributed by atoms with Crippen LogP contribution in [0.15, 0.2) is 53.4 Å². The fraction of sp³-hybridized carbons (Fsp3) is 0.263. The third-order valence-corrected chi connectivity index (χ3v) is 5.47. The number of nitro benzene ring substituents is 1. The molecule has 3 N–H and O–H groups in total. The van der Waals surface area contributed by atoms with Crippen molar-refractivity contribution in [3.63, 3.8) is 0 Å². The minimum Gasteiger partial charge on any atom is -0.350 e. The number of nitro groups is 1. The summed E-state index contributed by atoms with van der Waals surface area (Å²) in [5, 5.41) is 15.7. The molecule has 0 heterocycles. The molecule has 0 aliphatic rings. The third-order valence-electron chi connectivity index (χ3n) is 3.82. The number of sulfonamides is 1. The number of nitrogens with zero attached hydrogens (tertiary/aromatic N) is 1. The maximum absolute atomic E-state index is 12.2. The van der Waals surface area contributed by atoms with Gasteiger partial charge in [0.25, 0.3) is 11.6 Å². The fourth-order valence-electron chi connectivity index (χ4n) is 2.49. The second kappa shape index (κ2) is 9.94. The van der Waals surface area contributed by atoms with Crippen LogP contribution in [0.3, 0.4) is 0 Å². The number of hydrogen-bond acceptors (Lipinski definition) is 6. The van der Waals surface area contributed by atoms with Gasteiger partial charge in [0.1, 0.15) is 0 Å². The van der Waals surface area contributed by atoms with Crippen molar-refractivity contribution in [2.75, 3.05) is 6.54 Å². The Hall–Kier alpha value is -3.31. The fourth-order valence-corrected chi connectivity index (χ4v) is 3.81. The molecule has 0 aromatic heterocycles. The molecule has 2 aromatic carbocycles. The lowest BCUT2D eigenvalue weighted by Gasteiger charge is -2.11. The van der Waals surface area contributed by atoms with E-state index in [4.69, 9.17) is 0 Å². The molecule has 2 rings (SSSR count). The molecular formula is C19H22N4O6S. The summed E-state index contributed by atoms with van der Waals surface area (Å²) in [5.41, 5.74) is 0.404. The van der Waals surface area contributed by atoms with Crippen molar-refractivity contribution in [1.29, 1.82) is 0 Å². The summed E-state index contributed by atoms with van der Waals surface area (Å²) in [6, 6.07) is 11.0. The second-order valence-corrected chi connectivity index (χ2v) is 8.40. The predicted octanol–water partition coefficient (Wildman–Crippen LogP) is 1.33. The van der Waals surface area contributed by atoms with Gasteiger partial charge >= 0.3 is 0 Å². The summed E-state index contributed by atoms with van der Waals surface area (Å²) < 4.78 is 26.9. The molecule has 0 aliphatic heterocycles. The van der Waals surface area contributed by atoms with Gasteiger partial charge in [-0.1, -0.05) is 18.2 Å². The molecule has 2 aromatic rings. The number of amides is 2. The predicted molar refractivity (Wildman–Crippen MR) is 109 cm³/mol. The zero-order valence-electron chi connectivity index (χ0n) is 16.4. The van der Waals surface area contributed by atoms with Gasteiger partial charge in [-0.2, -0.15) is 0 Å². The first-order chi connectivity index (χ1) is 14.1. The molecule has 0 saturated carbocycles. The van der Waals surface area contributed by atoms with Crippen LogP contribution in [0.4, 0.5) is 5.69 Å². The number of rotatable bonds is 9. The first kappa shape index (κ1) is 23.0. The van der Waals surface area contributed by atoms with Crippen molar-refractivity contribution in [2.45, 2.75) is 31.3 Å². The average molecular weight is 434 g/mol. The maximum Gasteiger partial charge on any atom is 0.270 e. The second-order valence-electron chi connectivity index (χ2n) is 6.69. The van der Waals surface area contributed by atoms with Gasteiger partial charge in [-0.15, -0.1) is 0 Å². The molecule has 0 atom stereocenters. The van der Waals surface area contributed by atoms with E-state index in [0.717, 1.165) is 6.07 Å². The van der Waals surface area contributed by atoms with E-state index in [1.165, 1.54) is 30.3 Å². The van der Waals surface area contributed by atoms with Gasteiger partial charge < -0.3 is 10.6 Å². The van der Waals surface area contributed by atoms with E-state index in [1.54, 1.807) is 26.0 Å². The quantitative estimate of drug-likeness (QED) is 0.401. The van der Waals surface area contributed by atoms with Gasteiger partial charge in [0.2, 0.25) is 15.9 Å². The van der Waals surface area contributed by atoms with E-state index >= 15 is 0 Å². The molecule has 0 bridgehead atoms. The lowest BCUT2D eigenvalue weighted by Crippen LogP contribution is -2.36. The highest BCUT2D eigenvalue weighted by atomic mass is 32.2. The van der Waals surface area contributed by atoms with E-state index in [0.29, 0.717) is 5.56 Å². The maximum atomic E-state index is 12.2. The van der Waals surface area contributed by atoms with Gasteiger partial charge in [0.15, 0.2) is 0 Å². The summed E-state index contributed by atoms with van der Waals surface area (Å²) in [6.45, 7) is 3.15. The highest BCUT2D eigenvalue weighted by Gasteiger charge is 2.16. The minimum atomic E-state index is -3.65. The number of hydrogen-bond donors (Lipinski definition) is 3. The van der Waals surface area contributed by atoms with Gasteiger partial charge in [-0.3, -0.25) is 19.7 Å². The van der Waals surface area contributed by atoms with Gasteiger partial charge in [0, 0.05) is 30.3 Å². The zero-order chi connectivity index (χ0) is 22.3. The standard InChI is InChI=1S/C19H22N4O6S/c1-13(2)22-30(28,29)17-8-3-5-14(9-17)11-20-18(24)12-21-19(25)15-6-4-7-16(10-15)23(26)27/h3-10,13,22H,11-12H2,1-2H3,(H,20,24)(H,21,25). The number of non-ortho nitro benzene ring substituents is 1. The lowest BCUT2D eigenvalue weighted by atomic mass is 10.2. The normalized spacial score (nSPS) is 11.2. The first-order valence-corrected chi connectivity index (χ1v) is 10.5. The Bertz CT molecular complexity index is 1050. The molecule has 0 radical (unpaired) electrons. The van der Waals surface area contributed by atoms with Crippen molar-refractivity contribution in [3.8, 4) is 0 Å². The zero-order valence-corrected chi connectivity index (χ0v) is 17.2. The molecule has 160 valence electrons. The topological polar surface area (TPSA) is 148 Å². The highest BCUT2D eigenvalue weighted by molar-refractivity contribution is 7.89. The number of carbonyl (C=O) groups excluding carboxylic acids is 2. The SMILES string of the molecule is CC(C)NS(=O)(=O)c1cccc(CNC(=O)CNC(=O)c2cccc([N+](=O)[O-])c2)c1. The van der Waals surface area contributed by atoms with Crippen LogP contribution >= 0.6 is 0 Å². The monoisotopic (exact) mass is 434 g/mol. The number of nitrogens with one attached hydrogen (secondary N) is 3. The summed E-state index contributed by atoms with van der Waals surface area (Å²) in [7, 11) is -3.65. The van der Waals surface area contributed by atoms with Crippen molar-refractivity contribution >= 4 is 27.5 Å². The van der Waals surface area contributed by atoms with E-state index in [-0.39, 0.29) is 35.3 Å². The Balaban J connectivity index is 1.91. The summed E-state index contributed by atoms with van der Waals surface area (Å²) in [4.78, 5) is 34.3. The summed E-state index contributed by atoms with van der Waals surface area (Å²) >= 11 is 0. The number of benzene rings is 2. The molecule has 0 fully saturated rings. The van der Waals surface area contributed by atoms with Crippen LogP contribution in [0.2, 0.25) is 0 Å². The summed E-state index contributed by atoms with van der Waals surface area (Å²) in [5.74, 6) is -1.12. The summed E-state index contributed by atoms with van der Waals surface area (Å²) in [6.07, 6.45) is 0. The molecule has 0 aliphatic carbocycles. The molecule has 10 nitrogen and oxygen atoms in total. The van der Waals surface area contributed by atoms with Crippen LogP contribution in [0.25, 0.3) is 0 Å². The number of carbonyl (C=O) groups is 2. The van der Waals surface area contributed by atoms with Crippen LogP contribution in [0.1, 0.15) is 29.8 Å². The Labute approximate surface area is 173 Å². The van der Waals surface area contributed by atoms with E-state index in [1.807, 2.05) is 0 Å². The first-order valence-electron chi connectivity index (χ1n) is 8.99. The van der Waals surface area contributed by atoms with Crippen LogP contribution in [-0.4, -0.2) is 37.7 Å². The third kappa shape index (κ3) is 6.64. The average Bonchev–Trinajstić information content (AvgIpc) is 2.69. The van der Waals surface area contributed by atoms with Gasteiger partial charge in [0.05, 0.1) is 16.4 Å². The largest absolute Gasteiger partial charge is 0.350 e. The Morgan fingerprint density at radius 3 is 2.43 bits per heavy atom. The van der Waals surface area contributed by atoms with Crippen LogP contribution in [0.5, 0.6) is 0 Å². The van der Waals surface area contributed by atoms with E-state index < -0.39 is 26.8 Å². The molecule has 0 unspecified atom stereocenters. The van der Waals surface area contributed by atoms with E-state index in [9.17, 15) is 28.1 Å². The molecule has 0 saturated heterocycles. The van der Waals surface area contributed by atoms with Crippen molar-refractivity contribution in [2.24, 2.45) is 0 Å². The molecular weight excluding hydrogens is 412 g/mol. The van der Waals surface area contributed by atoms with Crippen molar-refractivity contribution in [1.82, 2.24) is 15.4 Å².